The van der Waals surface area contributed by atoms with Crippen LogP contribution in [-0.2, 0) is 11.3 Å². The van der Waals surface area contributed by atoms with E-state index in [0.717, 1.165) is 21.8 Å². The van der Waals surface area contributed by atoms with E-state index in [2.05, 4.69) is 13.8 Å². The van der Waals surface area contributed by atoms with Crippen LogP contribution >= 0.6 is 11.8 Å². The minimum absolute atomic E-state index is 0.0688. The van der Waals surface area contributed by atoms with Gasteiger partial charge < -0.3 is 9.80 Å². The predicted molar refractivity (Wildman–Crippen MR) is 104 cm³/mol. The number of quaternary nitrogens is 1. The normalized spacial score (nSPS) is 18.1. The molecule has 1 heterocycles. The number of halogens is 2. The summed E-state index contributed by atoms with van der Waals surface area (Å²) in [5.41, 5.74) is 1.83. The number of thioether (sulfide) groups is 1. The van der Waals surface area contributed by atoms with E-state index in [4.69, 9.17) is 0 Å². The smallest absolute Gasteiger partial charge is 0.278 e. The molecule has 3 rings (SSSR count). The molecule has 0 bridgehead atoms. The first-order chi connectivity index (χ1) is 12.9. The summed E-state index contributed by atoms with van der Waals surface area (Å²) in [5.74, 6) is 0.420. The third-order valence-corrected chi connectivity index (χ3v) is 6.14. The second kappa shape index (κ2) is 8.85. The molecule has 0 spiro atoms. The Morgan fingerprint density at radius 3 is 2.59 bits per heavy atom. The summed E-state index contributed by atoms with van der Waals surface area (Å²) >= 11 is 1.70. The van der Waals surface area contributed by atoms with Crippen LogP contribution in [0.2, 0.25) is 0 Å². The summed E-state index contributed by atoms with van der Waals surface area (Å²) in [5, 5.41) is -0.0688. The van der Waals surface area contributed by atoms with Gasteiger partial charge in [0.25, 0.3) is 5.91 Å². The molecule has 0 saturated carbocycles. The lowest BCUT2D eigenvalue weighted by Gasteiger charge is -2.28. The van der Waals surface area contributed by atoms with Crippen molar-refractivity contribution >= 4 is 17.7 Å². The molecular weight excluding hydrogens is 366 g/mol. The van der Waals surface area contributed by atoms with Crippen LogP contribution in [0.5, 0.6) is 0 Å². The maximum absolute atomic E-state index is 13.5. The quantitative estimate of drug-likeness (QED) is 0.819. The van der Waals surface area contributed by atoms with E-state index in [1.807, 2.05) is 11.0 Å². The van der Waals surface area contributed by atoms with E-state index in [1.54, 1.807) is 30.0 Å². The van der Waals surface area contributed by atoms with Crippen LogP contribution in [0.4, 0.5) is 8.78 Å². The van der Waals surface area contributed by atoms with Gasteiger partial charge in [0.05, 0.1) is 6.04 Å². The van der Waals surface area contributed by atoms with Crippen molar-refractivity contribution in [1.82, 2.24) is 4.90 Å². The summed E-state index contributed by atoms with van der Waals surface area (Å²) in [7, 11) is 0. The van der Waals surface area contributed by atoms with Crippen molar-refractivity contribution in [2.24, 2.45) is 0 Å². The summed E-state index contributed by atoms with van der Waals surface area (Å²) in [6.07, 6.45) is 0. The van der Waals surface area contributed by atoms with Crippen LogP contribution < -0.4 is 4.90 Å². The second-order valence-electron chi connectivity index (χ2n) is 7.16. The van der Waals surface area contributed by atoms with Crippen LogP contribution in [0.25, 0.3) is 0 Å². The Hall–Kier alpha value is -1.92. The molecule has 1 aliphatic rings. The second-order valence-corrected chi connectivity index (χ2v) is 8.35. The number of nitrogens with one attached hydrogen (secondary N) is 1. The first-order valence-corrected chi connectivity index (χ1v) is 10.2. The van der Waals surface area contributed by atoms with Crippen molar-refractivity contribution in [3.8, 4) is 0 Å². The number of carbonyl (C=O) groups is 1. The largest absolute Gasteiger partial charge is 0.321 e. The lowest BCUT2D eigenvalue weighted by molar-refractivity contribution is -0.927. The molecule has 2 atom stereocenters. The van der Waals surface area contributed by atoms with Crippen molar-refractivity contribution in [1.29, 1.82) is 0 Å². The van der Waals surface area contributed by atoms with Gasteiger partial charge in [-0.1, -0.05) is 24.3 Å². The van der Waals surface area contributed by atoms with E-state index >= 15 is 0 Å². The number of amides is 1. The molecule has 0 aromatic heterocycles. The Balaban J connectivity index is 1.70. The number of hydrogen-bond acceptors (Lipinski definition) is 2. The summed E-state index contributed by atoms with van der Waals surface area (Å²) in [4.78, 5) is 16.0. The van der Waals surface area contributed by atoms with Gasteiger partial charge >= 0.3 is 0 Å². The van der Waals surface area contributed by atoms with Gasteiger partial charge in [0.2, 0.25) is 0 Å². The van der Waals surface area contributed by atoms with Gasteiger partial charge in [-0.05, 0) is 43.7 Å². The van der Waals surface area contributed by atoms with Crippen LogP contribution in [0.3, 0.4) is 0 Å². The predicted octanol–water partition coefficient (Wildman–Crippen LogP) is 3.03. The lowest BCUT2D eigenvalue weighted by atomic mass is 10.1. The summed E-state index contributed by atoms with van der Waals surface area (Å²) in [6, 6.07) is 13.2. The molecule has 1 saturated heterocycles. The van der Waals surface area contributed by atoms with E-state index < -0.39 is 0 Å². The molecule has 1 unspecified atom stereocenters. The number of hydrogen-bond donors (Lipinski definition) is 1. The molecule has 1 aliphatic heterocycles. The number of rotatable bonds is 6. The SMILES string of the molecule is CC(C)[NH+](CC(=O)N1CCS[C@@H]1c1ccc(F)cc1)Cc1cccc(F)c1. The fourth-order valence-corrected chi connectivity index (χ4v) is 4.58. The Morgan fingerprint density at radius 2 is 1.93 bits per heavy atom. The molecule has 144 valence electrons. The fraction of sp³-hybridized carbons (Fsp3) is 0.381. The van der Waals surface area contributed by atoms with Gasteiger partial charge in [-0.3, -0.25) is 4.79 Å². The minimum atomic E-state index is -0.273. The van der Waals surface area contributed by atoms with Crippen LogP contribution in [0, 0.1) is 11.6 Å². The highest BCUT2D eigenvalue weighted by Gasteiger charge is 2.33. The van der Waals surface area contributed by atoms with Crippen LogP contribution in [0.15, 0.2) is 48.5 Å². The van der Waals surface area contributed by atoms with Crippen molar-refractivity contribution in [3.05, 3.63) is 71.3 Å². The van der Waals surface area contributed by atoms with E-state index in [1.165, 1.54) is 24.3 Å². The maximum Gasteiger partial charge on any atom is 0.278 e. The van der Waals surface area contributed by atoms with Gasteiger partial charge in [0, 0.05) is 17.9 Å². The van der Waals surface area contributed by atoms with Crippen LogP contribution in [0.1, 0.15) is 30.3 Å². The Labute approximate surface area is 163 Å². The maximum atomic E-state index is 13.5. The fourth-order valence-electron chi connectivity index (χ4n) is 3.30. The van der Waals surface area contributed by atoms with Crippen molar-refractivity contribution < 1.29 is 18.5 Å². The first-order valence-electron chi connectivity index (χ1n) is 9.19. The summed E-state index contributed by atoms with van der Waals surface area (Å²) < 4.78 is 26.7. The molecular formula is C21H25F2N2OS+. The van der Waals surface area contributed by atoms with E-state index in [9.17, 15) is 13.6 Å². The molecule has 6 heteroatoms. The lowest BCUT2D eigenvalue weighted by Crippen LogP contribution is -3.14. The van der Waals surface area contributed by atoms with Crippen molar-refractivity contribution in [2.75, 3.05) is 18.8 Å². The Morgan fingerprint density at radius 1 is 1.19 bits per heavy atom. The molecule has 1 amide bonds. The van der Waals surface area contributed by atoms with Gasteiger partial charge in [0.15, 0.2) is 6.54 Å². The molecule has 1 fully saturated rings. The number of nitrogens with zero attached hydrogens (tertiary/aromatic N) is 1. The van der Waals surface area contributed by atoms with Crippen molar-refractivity contribution in [3.63, 3.8) is 0 Å². The van der Waals surface area contributed by atoms with E-state index in [0.29, 0.717) is 19.6 Å². The van der Waals surface area contributed by atoms with Crippen molar-refractivity contribution in [2.45, 2.75) is 31.8 Å². The first kappa shape index (κ1) is 19.8. The molecule has 2 aromatic rings. The third kappa shape index (κ3) is 5.08. The van der Waals surface area contributed by atoms with Gasteiger partial charge in [0.1, 0.15) is 23.6 Å². The molecule has 0 aliphatic carbocycles. The van der Waals surface area contributed by atoms with Crippen LogP contribution in [-0.4, -0.2) is 35.7 Å². The zero-order valence-corrected chi connectivity index (χ0v) is 16.4. The van der Waals surface area contributed by atoms with E-state index in [-0.39, 0.29) is 29.0 Å². The highest BCUT2D eigenvalue weighted by atomic mass is 32.2. The highest BCUT2D eigenvalue weighted by Crippen LogP contribution is 2.37. The standard InChI is InChI=1S/C21H24F2N2OS/c1-15(2)24(13-16-4-3-5-19(23)12-16)14-20(26)25-10-11-27-21(25)17-6-8-18(22)9-7-17/h3-9,12,15,21H,10-11,13-14H2,1-2H3/p+1/t21-/m1/s1. The molecule has 1 N–H and O–H groups in total. The zero-order chi connectivity index (χ0) is 19.4. The monoisotopic (exact) mass is 391 g/mol. The van der Waals surface area contributed by atoms with Gasteiger partial charge in [-0.2, -0.15) is 0 Å². The van der Waals surface area contributed by atoms with Gasteiger partial charge in [-0.15, -0.1) is 11.8 Å². The number of carbonyl (C=O) groups excluding carboxylic acids is 1. The molecule has 0 radical (unpaired) electrons. The Bertz CT molecular complexity index is 782. The molecule has 27 heavy (non-hydrogen) atoms. The third-order valence-electron chi connectivity index (χ3n) is 4.88. The average Bonchev–Trinajstić information content (AvgIpc) is 3.11. The zero-order valence-electron chi connectivity index (χ0n) is 15.6. The average molecular weight is 392 g/mol. The van der Waals surface area contributed by atoms with Gasteiger partial charge in [-0.25, -0.2) is 8.78 Å². The molecule has 3 nitrogen and oxygen atoms in total. The highest BCUT2D eigenvalue weighted by molar-refractivity contribution is 7.99. The summed E-state index contributed by atoms with van der Waals surface area (Å²) in [6.45, 7) is 5.78. The topological polar surface area (TPSA) is 24.8 Å². The number of benzene rings is 2. The Kier molecular flexibility index (Phi) is 6.50. The molecule has 2 aromatic carbocycles. The minimum Gasteiger partial charge on any atom is -0.321 e.